The number of quaternary nitrogens is 1. The summed E-state index contributed by atoms with van der Waals surface area (Å²) in [6.45, 7) is 2.61. The summed E-state index contributed by atoms with van der Waals surface area (Å²) in [5.74, 6) is 0. The van der Waals surface area contributed by atoms with Crippen molar-refractivity contribution in [2.75, 3.05) is 13.6 Å². The molecule has 0 aromatic heterocycles. The molecule has 0 aromatic carbocycles. The summed E-state index contributed by atoms with van der Waals surface area (Å²) in [6.07, 6.45) is 3.64. The van der Waals surface area contributed by atoms with Crippen LogP contribution < -0.4 is 0 Å². The summed E-state index contributed by atoms with van der Waals surface area (Å²) in [7, 11) is 1.49. The molecular weight excluding hydrogens is 130 g/mol. The van der Waals surface area contributed by atoms with Crippen LogP contribution in [0.5, 0.6) is 0 Å². The van der Waals surface area contributed by atoms with Crippen LogP contribution in [0.15, 0.2) is 0 Å². The van der Waals surface area contributed by atoms with Crippen LogP contribution in [0, 0.1) is 0 Å². The second-order valence-electron chi connectivity index (χ2n) is 2.75. The Morgan fingerprint density at radius 2 is 2.10 bits per heavy atom. The van der Waals surface area contributed by atoms with E-state index in [1.165, 1.54) is 7.05 Å². The third-order valence-corrected chi connectivity index (χ3v) is 1.44. The molecule has 0 saturated heterocycles. The van der Waals surface area contributed by atoms with Crippen LogP contribution in [0.4, 0.5) is 0 Å². The SMILES string of the molecule is CCCCC[N@@+](C)(O)C=O. The van der Waals surface area contributed by atoms with Crippen molar-refractivity contribution in [1.82, 2.24) is 0 Å². The van der Waals surface area contributed by atoms with Crippen LogP contribution in [-0.4, -0.2) is 29.9 Å². The fourth-order valence-electron chi connectivity index (χ4n) is 0.735. The van der Waals surface area contributed by atoms with E-state index in [0.717, 1.165) is 19.3 Å². The second-order valence-corrected chi connectivity index (χ2v) is 2.75. The molecule has 0 aliphatic heterocycles. The van der Waals surface area contributed by atoms with Gasteiger partial charge in [0.05, 0.1) is 0 Å². The monoisotopic (exact) mass is 146 g/mol. The van der Waals surface area contributed by atoms with E-state index in [0.29, 0.717) is 13.0 Å². The number of carbonyl (C=O) groups excluding carboxylic acids is 1. The minimum atomic E-state index is -0.500. The van der Waals surface area contributed by atoms with Gasteiger partial charge in [0.15, 0.2) is 0 Å². The number of unbranched alkanes of at least 4 members (excludes halogenated alkanes) is 2. The van der Waals surface area contributed by atoms with E-state index in [2.05, 4.69) is 6.92 Å². The van der Waals surface area contributed by atoms with Crippen molar-refractivity contribution in [2.24, 2.45) is 0 Å². The van der Waals surface area contributed by atoms with Gasteiger partial charge in [0.25, 0.3) is 0 Å². The van der Waals surface area contributed by atoms with Crippen LogP contribution in [0.2, 0.25) is 0 Å². The van der Waals surface area contributed by atoms with Crippen molar-refractivity contribution in [2.45, 2.75) is 26.2 Å². The van der Waals surface area contributed by atoms with Gasteiger partial charge < -0.3 is 0 Å². The van der Waals surface area contributed by atoms with Crippen molar-refractivity contribution < 1.29 is 14.6 Å². The average molecular weight is 146 g/mol. The van der Waals surface area contributed by atoms with E-state index < -0.39 is 4.65 Å². The molecule has 0 heterocycles. The first-order chi connectivity index (χ1) is 4.62. The molecule has 60 valence electrons. The number of nitrogens with zero attached hydrogens (tertiary/aromatic N) is 1. The lowest BCUT2D eigenvalue weighted by Gasteiger charge is -2.15. The van der Waals surface area contributed by atoms with Gasteiger partial charge in [-0.25, -0.2) is 10.0 Å². The van der Waals surface area contributed by atoms with Crippen LogP contribution >= 0.6 is 0 Å². The Bertz CT molecular complexity index is 102. The van der Waals surface area contributed by atoms with Crippen LogP contribution in [0.3, 0.4) is 0 Å². The van der Waals surface area contributed by atoms with E-state index in [4.69, 9.17) is 5.21 Å². The zero-order valence-corrected chi connectivity index (χ0v) is 6.71. The van der Waals surface area contributed by atoms with E-state index >= 15 is 0 Å². The molecule has 0 unspecified atom stereocenters. The first-order valence-electron chi connectivity index (χ1n) is 3.66. The summed E-state index contributed by atoms with van der Waals surface area (Å²) in [6, 6.07) is 0. The Kier molecular flexibility index (Phi) is 4.23. The maximum atomic E-state index is 10.1. The Morgan fingerprint density at radius 3 is 2.50 bits per heavy atom. The first kappa shape index (κ1) is 9.59. The minimum absolute atomic E-state index is 0.500. The normalized spacial score (nSPS) is 16.3. The van der Waals surface area contributed by atoms with Crippen molar-refractivity contribution in [3.63, 3.8) is 0 Å². The van der Waals surface area contributed by atoms with Crippen molar-refractivity contribution in [1.29, 1.82) is 0 Å². The Labute approximate surface area is 61.8 Å². The van der Waals surface area contributed by atoms with Crippen molar-refractivity contribution >= 4 is 6.41 Å². The van der Waals surface area contributed by atoms with Crippen LogP contribution in [0.25, 0.3) is 0 Å². The Balaban J connectivity index is 3.37. The van der Waals surface area contributed by atoms with Crippen LogP contribution in [-0.2, 0) is 4.79 Å². The molecule has 0 fully saturated rings. The molecule has 3 heteroatoms. The molecule has 0 radical (unpaired) electrons. The van der Waals surface area contributed by atoms with Gasteiger partial charge in [0.2, 0.25) is 0 Å². The molecule has 0 bridgehead atoms. The van der Waals surface area contributed by atoms with Gasteiger partial charge in [0, 0.05) is 0 Å². The lowest BCUT2D eigenvalue weighted by molar-refractivity contribution is -1.02. The van der Waals surface area contributed by atoms with E-state index in [1.807, 2.05) is 0 Å². The molecule has 0 rings (SSSR count). The highest BCUT2D eigenvalue weighted by molar-refractivity contribution is 5.35. The second kappa shape index (κ2) is 4.41. The standard InChI is InChI=1S/C7H16NO2/c1-3-4-5-6-8(2,10)7-9/h7,10H,3-6H2,1-2H3/q+1/t8-/m1/s1. The number of amides is 1. The minimum Gasteiger partial charge on any atom is -0.231 e. The third kappa shape index (κ3) is 4.47. The molecule has 3 nitrogen and oxygen atoms in total. The summed E-state index contributed by atoms with van der Waals surface area (Å²) in [5, 5.41) is 9.12. The third-order valence-electron chi connectivity index (χ3n) is 1.44. The van der Waals surface area contributed by atoms with Gasteiger partial charge in [-0.15, -0.1) is 4.65 Å². The van der Waals surface area contributed by atoms with E-state index in [9.17, 15) is 4.79 Å². The number of hydroxylamine groups is 3. The number of carbonyl (C=O) groups is 1. The van der Waals surface area contributed by atoms with Gasteiger partial charge in [-0.3, -0.25) is 0 Å². The van der Waals surface area contributed by atoms with Gasteiger partial charge in [0.1, 0.15) is 13.6 Å². The maximum absolute atomic E-state index is 10.1. The summed E-state index contributed by atoms with van der Waals surface area (Å²) in [4.78, 5) is 10.1. The molecule has 0 aliphatic carbocycles. The van der Waals surface area contributed by atoms with Gasteiger partial charge in [-0.2, -0.15) is 0 Å². The highest BCUT2D eigenvalue weighted by Crippen LogP contribution is 1.99. The largest absolute Gasteiger partial charge is 0.333 e. The molecule has 1 N–H and O–H groups in total. The van der Waals surface area contributed by atoms with Crippen molar-refractivity contribution in [3.05, 3.63) is 0 Å². The molecule has 0 saturated carbocycles. The fourth-order valence-corrected chi connectivity index (χ4v) is 0.735. The van der Waals surface area contributed by atoms with Gasteiger partial charge in [-0.05, 0) is 12.8 Å². The predicted molar refractivity (Wildman–Crippen MR) is 38.4 cm³/mol. The topological polar surface area (TPSA) is 37.3 Å². The number of rotatable bonds is 5. The zero-order chi connectivity index (χ0) is 8.04. The molecule has 1 amide bonds. The molecule has 10 heavy (non-hydrogen) atoms. The zero-order valence-electron chi connectivity index (χ0n) is 6.71. The average Bonchev–Trinajstić information content (AvgIpc) is 1.89. The fraction of sp³-hybridized carbons (Fsp3) is 0.857. The quantitative estimate of drug-likeness (QED) is 0.208. The highest BCUT2D eigenvalue weighted by atomic mass is 16.6. The van der Waals surface area contributed by atoms with E-state index in [-0.39, 0.29) is 0 Å². The summed E-state index contributed by atoms with van der Waals surface area (Å²) >= 11 is 0. The van der Waals surface area contributed by atoms with E-state index in [1.54, 1.807) is 0 Å². The first-order valence-corrected chi connectivity index (χ1v) is 3.66. The van der Waals surface area contributed by atoms with Gasteiger partial charge >= 0.3 is 6.41 Å². The molecular formula is C7H16NO2+. The van der Waals surface area contributed by atoms with Gasteiger partial charge in [-0.1, -0.05) is 13.3 Å². The predicted octanol–water partition coefficient (Wildman–Crippen LogP) is 1.17. The maximum Gasteiger partial charge on any atom is 0.333 e. The smallest absolute Gasteiger partial charge is 0.231 e. The molecule has 0 aliphatic rings. The lowest BCUT2D eigenvalue weighted by Crippen LogP contribution is -2.39. The number of hydrogen-bond acceptors (Lipinski definition) is 2. The summed E-state index contributed by atoms with van der Waals surface area (Å²) in [5.41, 5.74) is 0. The Morgan fingerprint density at radius 1 is 1.50 bits per heavy atom. The molecule has 1 atom stereocenters. The van der Waals surface area contributed by atoms with Crippen molar-refractivity contribution in [3.8, 4) is 0 Å². The molecule has 0 spiro atoms. The lowest BCUT2D eigenvalue weighted by atomic mass is 10.2. The summed E-state index contributed by atoms with van der Waals surface area (Å²) < 4.78 is -0.500. The number of hydrogen-bond donors (Lipinski definition) is 1. The highest BCUT2D eigenvalue weighted by Gasteiger charge is 2.15. The Hall–Kier alpha value is -0.410. The molecule has 0 aromatic rings. The van der Waals surface area contributed by atoms with Crippen LogP contribution in [0.1, 0.15) is 26.2 Å².